The Labute approximate surface area is 145 Å². The van der Waals surface area contributed by atoms with Crippen LogP contribution in [0, 0.1) is 11.3 Å². The maximum atomic E-state index is 12.2. The monoisotopic (exact) mass is 356 g/mol. The number of hydrogen-bond donors (Lipinski definition) is 1. The molecule has 0 aromatic carbocycles. The third kappa shape index (κ3) is 6.89. The molecule has 1 fully saturated rings. The molecule has 1 atom stereocenters. The average Bonchev–Trinajstić information content (AvgIpc) is 2.77. The molecule has 1 N–H and O–H groups in total. The Bertz CT molecular complexity index is 627. The van der Waals surface area contributed by atoms with Crippen LogP contribution < -0.4 is 5.32 Å². The van der Waals surface area contributed by atoms with Gasteiger partial charge in [-0.15, -0.1) is 0 Å². The number of hydrogen-bond acceptors (Lipinski definition) is 6. The molecule has 1 aliphatic rings. The Morgan fingerprint density at radius 1 is 1.33 bits per heavy atom. The first kappa shape index (κ1) is 20.5. The molecular weight excluding hydrogens is 328 g/mol. The van der Waals surface area contributed by atoms with Gasteiger partial charge in [0.25, 0.3) is 5.91 Å². The van der Waals surface area contributed by atoms with Crippen molar-refractivity contribution in [2.45, 2.75) is 38.8 Å². The molecule has 0 bridgehead atoms. The molecule has 0 aliphatic carbocycles. The molecule has 1 rings (SSSR count). The molecule has 0 aromatic rings. The van der Waals surface area contributed by atoms with Crippen LogP contribution in [0.1, 0.15) is 27.2 Å². The van der Waals surface area contributed by atoms with E-state index in [-0.39, 0.29) is 23.1 Å². The van der Waals surface area contributed by atoms with Gasteiger partial charge in [-0.1, -0.05) is 0 Å². The summed E-state index contributed by atoms with van der Waals surface area (Å²) in [5.41, 5.74) is -0.453. The molecule has 1 aliphatic heterocycles. The molecule has 8 heteroatoms. The lowest BCUT2D eigenvalue weighted by atomic mass is 10.1. The van der Waals surface area contributed by atoms with Gasteiger partial charge in [0.15, 0.2) is 9.84 Å². The van der Waals surface area contributed by atoms with Gasteiger partial charge in [0.05, 0.1) is 11.5 Å². The van der Waals surface area contributed by atoms with Crippen LogP contribution in [0.3, 0.4) is 0 Å². The summed E-state index contributed by atoms with van der Waals surface area (Å²) in [6.07, 6.45) is 2.03. The first-order valence-corrected chi connectivity index (χ1v) is 9.81. The van der Waals surface area contributed by atoms with Gasteiger partial charge < -0.3 is 15.1 Å². The molecule has 0 saturated carbocycles. The minimum absolute atomic E-state index is 0.00650. The van der Waals surface area contributed by atoms with E-state index >= 15 is 0 Å². The third-order valence-corrected chi connectivity index (χ3v) is 5.38. The Hall–Kier alpha value is -1.59. The van der Waals surface area contributed by atoms with Crippen LogP contribution in [-0.4, -0.2) is 74.4 Å². The normalized spacial score (nSPS) is 20.7. The zero-order chi connectivity index (χ0) is 18.5. The minimum Gasteiger partial charge on any atom is -0.371 e. The molecule has 1 saturated heterocycles. The van der Waals surface area contributed by atoms with E-state index in [0.29, 0.717) is 19.5 Å². The lowest BCUT2D eigenvalue weighted by Crippen LogP contribution is -2.42. The summed E-state index contributed by atoms with van der Waals surface area (Å²) < 4.78 is 23.5. The molecule has 1 amide bonds. The van der Waals surface area contributed by atoms with E-state index in [0.717, 1.165) is 0 Å². The average molecular weight is 356 g/mol. The summed E-state index contributed by atoms with van der Waals surface area (Å²) in [5, 5.41) is 12.1. The number of sulfone groups is 1. The quantitative estimate of drug-likeness (QED) is 0.545. The molecule has 1 unspecified atom stereocenters. The largest absolute Gasteiger partial charge is 0.371 e. The summed E-state index contributed by atoms with van der Waals surface area (Å²) >= 11 is 0. The Balaban J connectivity index is 2.99. The summed E-state index contributed by atoms with van der Waals surface area (Å²) in [6, 6.07) is 1.74. The highest BCUT2D eigenvalue weighted by molar-refractivity contribution is 7.91. The Kier molecular flexibility index (Phi) is 6.81. The first-order valence-electron chi connectivity index (χ1n) is 7.99. The number of likely N-dealkylation sites (N-methyl/N-ethyl adjacent to an activating group) is 1. The Morgan fingerprint density at radius 2 is 1.96 bits per heavy atom. The molecule has 0 spiro atoms. The van der Waals surface area contributed by atoms with Crippen molar-refractivity contribution in [1.29, 1.82) is 5.26 Å². The van der Waals surface area contributed by atoms with Gasteiger partial charge in [-0.2, -0.15) is 5.26 Å². The van der Waals surface area contributed by atoms with Gasteiger partial charge >= 0.3 is 0 Å². The van der Waals surface area contributed by atoms with E-state index in [1.54, 1.807) is 0 Å². The van der Waals surface area contributed by atoms with Crippen molar-refractivity contribution in [1.82, 2.24) is 15.1 Å². The van der Waals surface area contributed by atoms with Crippen molar-refractivity contribution in [2.24, 2.45) is 0 Å². The highest BCUT2D eigenvalue weighted by Gasteiger charge is 2.31. The predicted octanol–water partition coefficient (Wildman–Crippen LogP) is 0.359. The molecule has 136 valence electrons. The van der Waals surface area contributed by atoms with E-state index in [1.165, 1.54) is 6.20 Å². The second-order valence-corrected chi connectivity index (χ2v) is 9.69. The number of carbonyl (C=O) groups excluding carboxylic acids is 1. The fourth-order valence-corrected chi connectivity index (χ4v) is 4.16. The maximum absolute atomic E-state index is 12.2. The van der Waals surface area contributed by atoms with Crippen molar-refractivity contribution < 1.29 is 13.2 Å². The van der Waals surface area contributed by atoms with Gasteiger partial charge in [0, 0.05) is 30.9 Å². The van der Waals surface area contributed by atoms with Crippen molar-refractivity contribution in [3.05, 3.63) is 11.8 Å². The molecule has 0 aromatic heterocycles. The topological polar surface area (TPSA) is 93.5 Å². The maximum Gasteiger partial charge on any atom is 0.263 e. The zero-order valence-corrected chi connectivity index (χ0v) is 16.0. The van der Waals surface area contributed by atoms with E-state index in [1.807, 2.05) is 50.7 Å². The van der Waals surface area contributed by atoms with Crippen LogP contribution in [0.2, 0.25) is 0 Å². The smallest absolute Gasteiger partial charge is 0.263 e. The number of amides is 1. The minimum atomic E-state index is -3.04. The number of carbonyl (C=O) groups is 1. The second-order valence-electron chi connectivity index (χ2n) is 7.46. The van der Waals surface area contributed by atoms with Crippen LogP contribution in [-0.2, 0) is 14.6 Å². The molecule has 24 heavy (non-hydrogen) atoms. The number of nitrogens with zero attached hydrogens (tertiary/aromatic N) is 3. The van der Waals surface area contributed by atoms with E-state index in [4.69, 9.17) is 0 Å². The van der Waals surface area contributed by atoms with Crippen LogP contribution in [0.4, 0.5) is 0 Å². The second kappa shape index (κ2) is 7.99. The highest BCUT2D eigenvalue weighted by atomic mass is 32.2. The summed E-state index contributed by atoms with van der Waals surface area (Å²) in [4.78, 5) is 16.1. The lowest BCUT2D eigenvalue weighted by Gasteiger charge is -2.28. The fourth-order valence-electron chi connectivity index (χ4n) is 2.42. The molecule has 0 radical (unpaired) electrons. The van der Waals surface area contributed by atoms with Crippen LogP contribution in [0.15, 0.2) is 11.8 Å². The van der Waals surface area contributed by atoms with Crippen molar-refractivity contribution >= 4 is 15.7 Å². The zero-order valence-electron chi connectivity index (χ0n) is 15.2. The van der Waals surface area contributed by atoms with Crippen LogP contribution in [0.5, 0.6) is 0 Å². The van der Waals surface area contributed by atoms with Gasteiger partial charge in [-0.05, 0) is 41.3 Å². The summed E-state index contributed by atoms with van der Waals surface area (Å²) in [5.74, 6) is -0.225. The lowest BCUT2D eigenvalue weighted by molar-refractivity contribution is -0.118. The first-order chi connectivity index (χ1) is 10.9. The van der Waals surface area contributed by atoms with E-state index in [9.17, 15) is 18.5 Å². The Morgan fingerprint density at radius 3 is 2.38 bits per heavy atom. The number of rotatable bonds is 6. The predicted molar refractivity (Wildman–Crippen MR) is 93.9 cm³/mol. The van der Waals surface area contributed by atoms with Gasteiger partial charge in [0.1, 0.15) is 11.6 Å². The molecule has 7 nitrogen and oxygen atoms in total. The van der Waals surface area contributed by atoms with Crippen molar-refractivity contribution in [3.8, 4) is 6.07 Å². The van der Waals surface area contributed by atoms with Crippen LogP contribution >= 0.6 is 0 Å². The van der Waals surface area contributed by atoms with Crippen molar-refractivity contribution in [3.63, 3.8) is 0 Å². The van der Waals surface area contributed by atoms with Crippen molar-refractivity contribution in [2.75, 3.05) is 38.7 Å². The summed E-state index contributed by atoms with van der Waals surface area (Å²) in [6.45, 7) is 6.78. The third-order valence-electron chi connectivity index (χ3n) is 3.63. The molecule has 1 heterocycles. The molecular formula is C16H28N4O3S. The number of nitriles is 1. The van der Waals surface area contributed by atoms with Gasteiger partial charge in [0.2, 0.25) is 0 Å². The standard InChI is InChI=1S/C16H28N4O3S/c1-16(2,3)18-15(21)13(10-17)11-20(8-7-19(4)5)14-6-9-24(22,23)12-14/h11,14H,6-9,12H2,1-5H3,(H,18,21)/b13-11-. The van der Waals surface area contributed by atoms with E-state index < -0.39 is 21.3 Å². The highest BCUT2D eigenvalue weighted by Crippen LogP contribution is 2.19. The fraction of sp³-hybridized carbons (Fsp3) is 0.750. The SMILES string of the molecule is CN(C)CCN(/C=C(/C#N)C(=O)NC(C)(C)C)C1CCS(=O)(=O)C1. The number of nitrogens with one attached hydrogen (secondary N) is 1. The van der Waals surface area contributed by atoms with E-state index in [2.05, 4.69) is 5.32 Å². The van der Waals surface area contributed by atoms with Gasteiger partial charge in [-0.25, -0.2) is 8.42 Å². The van der Waals surface area contributed by atoms with Crippen LogP contribution in [0.25, 0.3) is 0 Å². The summed E-state index contributed by atoms with van der Waals surface area (Å²) in [7, 11) is 0.804. The van der Waals surface area contributed by atoms with Gasteiger partial charge in [-0.3, -0.25) is 4.79 Å².